The van der Waals surface area contributed by atoms with Crippen LogP contribution >= 0.6 is 0 Å². The molecule has 0 spiro atoms. The van der Waals surface area contributed by atoms with E-state index >= 15 is 0 Å². The van der Waals surface area contributed by atoms with Crippen molar-refractivity contribution in [2.24, 2.45) is 0 Å². The maximum absolute atomic E-state index is 11.9. The molecule has 0 amide bonds. The molecule has 2 aromatic carbocycles. The van der Waals surface area contributed by atoms with Gasteiger partial charge in [-0.1, -0.05) is 12.1 Å². The van der Waals surface area contributed by atoms with Gasteiger partial charge in [-0.2, -0.15) is 0 Å². The zero-order valence-corrected chi connectivity index (χ0v) is 17.2. The fourth-order valence-corrected chi connectivity index (χ4v) is 3.98. The number of aliphatic carboxylic acids is 1. The molecule has 2 unspecified atom stereocenters. The van der Waals surface area contributed by atoms with Crippen molar-refractivity contribution in [1.82, 2.24) is 4.90 Å². The summed E-state index contributed by atoms with van der Waals surface area (Å²) in [5.41, 5.74) is 1.84. The first-order valence-electron chi connectivity index (χ1n) is 9.46. The average Bonchev–Trinajstić information content (AvgIpc) is 3.23. The van der Waals surface area contributed by atoms with Crippen LogP contribution < -0.4 is 18.9 Å². The van der Waals surface area contributed by atoms with Crippen LogP contribution in [0.3, 0.4) is 0 Å². The minimum absolute atomic E-state index is 0.279. The monoisotopic (exact) mass is 401 g/mol. The van der Waals surface area contributed by atoms with Gasteiger partial charge in [-0.05, 0) is 48.2 Å². The Kier molecular flexibility index (Phi) is 6.49. The lowest BCUT2D eigenvalue weighted by Crippen LogP contribution is -2.39. The number of rotatable bonds is 8. The number of ether oxygens (including phenoxy) is 4. The van der Waals surface area contributed by atoms with Crippen molar-refractivity contribution in [2.45, 2.75) is 24.9 Å². The molecule has 2 atom stereocenters. The minimum Gasteiger partial charge on any atom is -0.497 e. The third kappa shape index (κ3) is 4.10. The number of likely N-dealkylation sites (tertiary alicyclic amines) is 1. The van der Waals surface area contributed by atoms with Crippen molar-refractivity contribution in [3.05, 3.63) is 47.5 Å². The van der Waals surface area contributed by atoms with Crippen molar-refractivity contribution >= 4 is 5.97 Å². The van der Waals surface area contributed by atoms with Gasteiger partial charge in [0, 0.05) is 6.54 Å². The van der Waals surface area contributed by atoms with E-state index < -0.39 is 12.0 Å². The lowest BCUT2D eigenvalue weighted by atomic mass is 9.95. The van der Waals surface area contributed by atoms with Crippen LogP contribution in [0.2, 0.25) is 0 Å². The molecule has 1 fully saturated rings. The van der Waals surface area contributed by atoms with Crippen molar-refractivity contribution < 1.29 is 28.8 Å². The van der Waals surface area contributed by atoms with Crippen LogP contribution in [-0.2, 0) is 4.79 Å². The summed E-state index contributed by atoms with van der Waals surface area (Å²) in [6.45, 7) is 0.685. The Labute approximate surface area is 170 Å². The molecule has 156 valence electrons. The predicted octanol–water partition coefficient (Wildman–Crippen LogP) is 3.36. The van der Waals surface area contributed by atoms with Gasteiger partial charge in [0.05, 0.1) is 34.5 Å². The molecule has 0 aromatic heterocycles. The number of benzene rings is 2. The van der Waals surface area contributed by atoms with Gasteiger partial charge in [-0.15, -0.1) is 0 Å². The van der Waals surface area contributed by atoms with E-state index in [1.807, 2.05) is 41.3 Å². The summed E-state index contributed by atoms with van der Waals surface area (Å²) in [4.78, 5) is 13.9. The number of carboxylic acid groups (broad SMARTS) is 1. The first-order chi connectivity index (χ1) is 14.0. The largest absolute Gasteiger partial charge is 0.497 e. The van der Waals surface area contributed by atoms with Crippen LogP contribution in [-0.4, -0.2) is 57.0 Å². The Bertz CT molecular complexity index is 826. The predicted molar refractivity (Wildman–Crippen MR) is 108 cm³/mol. The summed E-state index contributed by atoms with van der Waals surface area (Å²) in [6.07, 6.45) is 1.44. The zero-order chi connectivity index (χ0) is 21.0. The van der Waals surface area contributed by atoms with E-state index in [0.29, 0.717) is 30.2 Å². The number of carboxylic acids is 1. The number of hydrogen-bond donors (Lipinski definition) is 1. The smallest absolute Gasteiger partial charge is 0.320 e. The van der Waals surface area contributed by atoms with E-state index in [1.54, 1.807) is 28.4 Å². The van der Waals surface area contributed by atoms with Gasteiger partial charge in [-0.3, -0.25) is 9.69 Å². The lowest BCUT2D eigenvalue weighted by Gasteiger charge is -2.32. The molecule has 1 saturated heterocycles. The summed E-state index contributed by atoms with van der Waals surface area (Å²) >= 11 is 0. The number of carbonyl (C=O) groups is 1. The molecule has 7 heteroatoms. The Morgan fingerprint density at radius 3 is 2.07 bits per heavy atom. The SMILES string of the molecule is COc1ccc(C(c2cc(OC)c(OC)c(OC)c2)N2CCCC2C(=O)O)cc1. The molecule has 1 aliphatic rings. The minimum atomic E-state index is -0.812. The first kappa shape index (κ1) is 20.8. The molecule has 7 nitrogen and oxygen atoms in total. The van der Waals surface area contributed by atoms with E-state index in [1.165, 1.54) is 0 Å². The van der Waals surface area contributed by atoms with E-state index in [9.17, 15) is 9.90 Å². The third-order valence-corrected chi connectivity index (χ3v) is 5.35. The van der Waals surface area contributed by atoms with Crippen LogP contribution in [0.1, 0.15) is 30.0 Å². The van der Waals surface area contributed by atoms with Gasteiger partial charge in [0.1, 0.15) is 11.8 Å². The molecule has 0 radical (unpaired) electrons. The molecule has 0 saturated carbocycles. The summed E-state index contributed by atoms with van der Waals surface area (Å²) < 4.78 is 21.8. The Balaban J connectivity index is 2.15. The molecule has 1 aliphatic heterocycles. The zero-order valence-electron chi connectivity index (χ0n) is 17.2. The number of methoxy groups -OCH3 is 4. The molecular formula is C22H27NO6. The molecule has 1 heterocycles. The molecule has 29 heavy (non-hydrogen) atoms. The highest BCUT2D eigenvalue weighted by Gasteiger charge is 2.37. The van der Waals surface area contributed by atoms with Gasteiger partial charge in [0.2, 0.25) is 5.75 Å². The highest BCUT2D eigenvalue weighted by atomic mass is 16.5. The molecular weight excluding hydrogens is 374 g/mol. The maximum atomic E-state index is 11.9. The van der Waals surface area contributed by atoms with Gasteiger partial charge in [0.25, 0.3) is 0 Å². The molecule has 3 rings (SSSR count). The molecule has 0 bridgehead atoms. The number of hydrogen-bond acceptors (Lipinski definition) is 6. The summed E-state index contributed by atoms with van der Waals surface area (Å²) in [7, 11) is 6.31. The summed E-state index contributed by atoms with van der Waals surface area (Å²) in [6, 6.07) is 10.6. The second kappa shape index (κ2) is 9.05. The van der Waals surface area contributed by atoms with Gasteiger partial charge >= 0.3 is 5.97 Å². The van der Waals surface area contributed by atoms with Crippen molar-refractivity contribution in [1.29, 1.82) is 0 Å². The van der Waals surface area contributed by atoms with Crippen LogP contribution in [0.5, 0.6) is 23.0 Å². The lowest BCUT2D eigenvalue weighted by molar-refractivity contribution is -0.142. The van der Waals surface area contributed by atoms with Gasteiger partial charge < -0.3 is 24.1 Å². The van der Waals surface area contributed by atoms with Gasteiger partial charge in [-0.25, -0.2) is 0 Å². The third-order valence-electron chi connectivity index (χ3n) is 5.35. The van der Waals surface area contributed by atoms with E-state index in [4.69, 9.17) is 18.9 Å². The Hall–Kier alpha value is -2.93. The van der Waals surface area contributed by atoms with Crippen molar-refractivity contribution in [2.75, 3.05) is 35.0 Å². The Morgan fingerprint density at radius 2 is 1.59 bits per heavy atom. The van der Waals surface area contributed by atoms with Crippen molar-refractivity contribution in [3.8, 4) is 23.0 Å². The van der Waals surface area contributed by atoms with E-state index in [0.717, 1.165) is 23.3 Å². The normalized spacial score (nSPS) is 17.6. The van der Waals surface area contributed by atoms with Crippen LogP contribution in [0.15, 0.2) is 36.4 Å². The van der Waals surface area contributed by atoms with Crippen LogP contribution in [0.4, 0.5) is 0 Å². The van der Waals surface area contributed by atoms with Crippen LogP contribution in [0, 0.1) is 0 Å². The maximum Gasteiger partial charge on any atom is 0.320 e. The van der Waals surface area contributed by atoms with E-state index in [-0.39, 0.29) is 6.04 Å². The molecule has 0 aliphatic carbocycles. The highest BCUT2D eigenvalue weighted by molar-refractivity contribution is 5.74. The standard InChI is InChI=1S/C22H27NO6/c1-26-16-9-7-14(8-10-16)20(23-11-5-6-17(23)22(24)25)15-12-18(27-2)21(29-4)19(13-15)28-3/h7-10,12-13,17,20H,5-6,11H2,1-4H3,(H,24,25). The van der Waals surface area contributed by atoms with Crippen LogP contribution in [0.25, 0.3) is 0 Å². The quantitative estimate of drug-likeness (QED) is 0.727. The van der Waals surface area contributed by atoms with Crippen molar-refractivity contribution in [3.63, 3.8) is 0 Å². The second-order valence-electron chi connectivity index (χ2n) is 6.87. The molecule has 1 N–H and O–H groups in total. The summed E-state index contributed by atoms with van der Waals surface area (Å²) in [5, 5.41) is 9.76. The van der Waals surface area contributed by atoms with Gasteiger partial charge in [0.15, 0.2) is 11.5 Å². The summed E-state index contributed by atoms with van der Waals surface area (Å²) in [5.74, 6) is 1.50. The fraction of sp³-hybridized carbons (Fsp3) is 0.409. The average molecular weight is 401 g/mol. The van der Waals surface area contributed by atoms with E-state index in [2.05, 4.69) is 0 Å². The topological polar surface area (TPSA) is 77.5 Å². The fourth-order valence-electron chi connectivity index (χ4n) is 3.98. The first-order valence-corrected chi connectivity index (χ1v) is 9.46. The number of nitrogens with zero attached hydrogens (tertiary/aromatic N) is 1. The Morgan fingerprint density at radius 1 is 0.966 bits per heavy atom. The highest BCUT2D eigenvalue weighted by Crippen LogP contribution is 2.43. The second-order valence-corrected chi connectivity index (χ2v) is 6.87. The molecule has 2 aromatic rings.